The summed E-state index contributed by atoms with van der Waals surface area (Å²) in [6, 6.07) is 10.6. The number of carbonyl (C=O) groups excluding carboxylic acids is 1. The molecule has 0 spiro atoms. The molecule has 4 nitrogen and oxygen atoms in total. The van der Waals surface area contributed by atoms with Gasteiger partial charge in [0.2, 0.25) is 0 Å². The molecule has 0 bridgehead atoms. The zero-order chi connectivity index (χ0) is 15.9. The molecule has 1 atom stereocenters. The number of ketones is 1. The summed E-state index contributed by atoms with van der Waals surface area (Å²) in [5.41, 5.74) is 1.61. The monoisotopic (exact) mass is 299 g/mol. The fraction of sp³-hybridized carbons (Fsp3) is 0.278. The molecule has 2 rings (SSSR count). The summed E-state index contributed by atoms with van der Waals surface area (Å²) in [5.74, 6) is 1.58. The standard InChI is InChI=1S/C18H21NO3/c1-13(2)12-22-16-8-6-15(7-9-16)18(20)14(3)19-11-17-5-4-10-21-17/h4-10,14,19H,1,11-12H2,2-3H3. The third-order valence-corrected chi connectivity index (χ3v) is 3.18. The van der Waals surface area contributed by atoms with Gasteiger partial charge < -0.3 is 14.5 Å². The molecule has 0 fully saturated rings. The summed E-state index contributed by atoms with van der Waals surface area (Å²) in [7, 11) is 0. The zero-order valence-corrected chi connectivity index (χ0v) is 13.0. The smallest absolute Gasteiger partial charge is 0.179 e. The fourth-order valence-electron chi connectivity index (χ4n) is 1.93. The number of ether oxygens (including phenoxy) is 1. The Morgan fingerprint density at radius 1 is 1.32 bits per heavy atom. The van der Waals surface area contributed by atoms with Gasteiger partial charge in [-0.05, 0) is 55.8 Å². The molecule has 0 aliphatic carbocycles. The number of rotatable bonds is 8. The molecule has 0 saturated heterocycles. The molecule has 22 heavy (non-hydrogen) atoms. The minimum Gasteiger partial charge on any atom is -0.489 e. The minimum absolute atomic E-state index is 0.0398. The Bertz CT molecular complexity index is 614. The molecule has 4 heteroatoms. The first-order chi connectivity index (χ1) is 10.6. The van der Waals surface area contributed by atoms with Crippen LogP contribution in [0.5, 0.6) is 5.75 Å². The van der Waals surface area contributed by atoms with Gasteiger partial charge in [0.15, 0.2) is 5.78 Å². The van der Waals surface area contributed by atoms with Crippen LogP contribution in [0, 0.1) is 0 Å². The fourth-order valence-corrected chi connectivity index (χ4v) is 1.93. The highest BCUT2D eigenvalue weighted by atomic mass is 16.5. The number of hydrogen-bond acceptors (Lipinski definition) is 4. The average Bonchev–Trinajstić information content (AvgIpc) is 3.03. The van der Waals surface area contributed by atoms with Gasteiger partial charge in [-0.2, -0.15) is 0 Å². The summed E-state index contributed by atoms with van der Waals surface area (Å²) in [5, 5.41) is 3.15. The second kappa shape index (κ2) is 7.61. The lowest BCUT2D eigenvalue weighted by Gasteiger charge is -2.12. The molecule has 1 aromatic heterocycles. The van der Waals surface area contributed by atoms with E-state index >= 15 is 0 Å². The average molecular weight is 299 g/mol. The van der Waals surface area contributed by atoms with Gasteiger partial charge in [-0.1, -0.05) is 6.58 Å². The lowest BCUT2D eigenvalue weighted by Crippen LogP contribution is -2.33. The summed E-state index contributed by atoms with van der Waals surface area (Å²) >= 11 is 0. The van der Waals surface area contributed by atoms with Crippen molar-refractivity contribution in [2.24, 2.45) is 0 Å². The lowest BCUT2D eigenvalue weighted by atomic mass is 10.1. The summed E-state index contributed by atoms with van der Waals surface area (Å²) in [6.07, 6.45) is 1.62. The van der Waals surface area contributed by atoms with E-state index in [1.807, 2.05) is 26.0 Å². The first kappa shape index (κ1) is 16.0. The van der Waals surface area contributed by atoms with Gasteiger partial charge in [0.25, 0.3) is 0 Å². The van der Waals surface area contributed by atoms with Crippen LogP contribution < -0.4 is 10.1 Å². The molecule has 1 aromatic carbocycles. The van der Waals surface area contributed by atoms with Crippen LogP contribution in [-0.2, 0) is 6.54 Å². The van der Waals surface area contributed by atoms with E-state index in [0.717, 1.165) is 17.1 Å². The highest BCUT2D eigenvalue weighted by Crippen LogP contribution is 2.14. The van der Waals surface area contributed by atoms with Crippen molar-refractivity contribution >= 4 is 5.78 Å². The van der Waals surface area contributed by atoms with E-state index in [4.69, 9.17) is 9.15 Å². The molecular formula is C18H21NO3. The van der Waals surface area contributed by atoms with Crippen molar-refractivity contribution in [1.29, 1.82) is 0 Å². The molecule has 0 saturated carbocycles. The predicted molar refractivity (Wildman–Crippen MR) is 86.1 cm³/mol. The van der Waals surface area contributed by atoms with E-state index in [1.54, 1.807) is 30.5 Å². The number of benzene rings is 1. The maximum atomic E-state index is 12.3. The molecular weight excluding hydrogens is 278 g/mol. The van der Waals surface area contributed by atoms with Crippen molar-refractivity contribution in [3.05, 3.63) is 66.1 Å². The molecule has 0 aliphatic heterocycles. The van der Waals surface area contributed by atoms with Crippen LogP contribution in [0.3, 0.4) is 0 Å². The Morgan fingerprint density at radius 3 is 2.64 bits per heavy atom. The molecule has 0 amide bonds. The highest BCUT2D eigenvalue weighted by Gasteiger charge is 2.15. The van der Waals surface area contributed by atoms with Crippen molar-refractivity contribution in [1.82, 2.24) is 5.32 Å². The van der Waals surface area contributed by atoms with Gasteiger partial charge in [0.1, 0.15) is 18.1 Å². The predicted octanol–water partition coefficient (Wildman–Crippen LogP) is 3.60. The van der Waals surface area contributed by atoms with Gasteiger partial charge in [0, 0.05) is 5.56 Å². The number of nitrogens with one attached hydrogen (secondary N) is 1. The van der Waals surface area contributed by atoms with Crippen LogP contribution in [0.25, 0.3) is 0 Å². The second-order valence-electron chi connectivity index (χ2n) is 5.32. The quantitative estimate of drug-likeness (QED) is 0.598. The van der Waals surface area contributed by atoms with Crippen molar-refractivity contribution in [3.63, 3.8) is 0 Å². The number of Topliss-reactive ketones (excluding diaryl/α,β-unsaturated/α-hetero) is 1. The van der Waals surface area contributed by atoms with Crippen LogP contribution in [0.4, 0.5) is 0 Å². The topological polar surface area (TPSA) is 51.5 Å². The maximum Gasteiger partial charge on any atom is 0.179 e. The van der Waals surface area contributed by atoms with Gasteiger partial charge in [-0.3, -0.25) is 4.79 Å². The van der Waals surface area contributed by atoms with E-state index in [9.17, 15) is 4.79 Å². The Hall–Kier alpha value is -2.33. The molecule has 1 heterocycles. The summed E-state index contributed by atoms with van der Waals surface area (Å²) in [6.45, 7) is 8.54. The van der Waals surface area contributed by atoms with Crippen LogP contribution in [0.1, 0.15) is 30.0 Å². The van der Waals surface area contributed by atoms with E-state index in [2.05, 4.69) is 11.9 Å². The van der Waals surface area contributed by atoms with Crippen molar-refractivity contribution in [3.8, 4) is 5.75 Å². The normalized spacial score (nSPS) is 11.9. The molecule has 2 aromatic rings. The highest BCUT2D eigenvalue weighted by molar-refractivity contribution is 5.99. The number of carbonyl (C=O) groups is 1. The maximum absolute atomic E-state index is 12.3. The van der Waals surface area contributed by atoms with Crippen LogP contribution in [0.15, 0.2) is 59.2 Å². The van der Waals surface area contributed by atoms with Crippen LogP contribution in [-0.4, -0.2) is 18.4 Å². The minimum atomic E-state index is -0.285. The molecule has 0 radical (unpaired) electrons. The number of hydrogen-bond donors (Lipinski definition) is 1. The van der Waals surface area contributed by atoms with E-state index < -0.39 is 0 Å². The number of furan rings is 1. The lowest BCUT2D eigenvalue weighted by molar-refractivity contribution is 0.0949. The van der Waals surface area contributed by atoms with Gasteiger partial charge in [-0.25, -0.2) is 0 Å². The van der Waals surface area contributed by atoms with E-state index in [-0.39, 0.29) is 11.8 Å². The Balaban J connectivity index is 1.89. The molecule has 0 aliphatic rings. The molecule has 116 valence electrons. The largest absolute Gasteiger partial charge is 0.489 e. The first-order valence-electron chi connectivity index (χ1n) is 7.23. The zero-order valence-electron chi connectivity index (χ0n) is 13.0. The van der Waals surface area contributed by atoms with Crippen molar-refractivity contribution in [2.45, 2.75) is 26.4 Å². The van der Waals surface area contributed by atoms with Crippen LogP contribution >= 0.6 is 0 Å². The second-order valence-corrected chi connectivity index (χ2v) is 5.32. The third-order valence-electron chi connectivity index (χ3n) is 3.18. The van der Waals surface area contributed by atoms with Gasteiger partial charge in [0.05, 0.1) is 18.8 Å². The van der Waals surface area contributed by atoms with Crippen molar-refractivity contribution < 1.29 is 13.9 Å². The Kier molecular flexibility index (Phi) is 5.55. The molecule has 1 unspecified atom stereocenters. The SMILES string of the molecule is C=C(C)COc1ccc(C(=O)C(C)NCc2ccco2)cc1. The Morgan fingerprint density at radius 2 is 2.05 bits per heavy atom. The summed E-state index contributed by atoms with van der Waals surface area (Å²) < 4.78 is 10.8. The summed E-state index contributed by atoms with van der Waals surface area (Å²) in [4.78, 5) is 12.3. The molecule has 1 N–H and O–H groups in total. The van der Waals surface area contributed by atoms with Gasteiger partial charge >= 0.3 is 0 Å². The van der Waals surface area contributed by atoms with E-state index in [1.165, 1.54) is 0 Å². The Labute approximate surface area is 130 Å². The first-order valence-corrected chi connectivity index (χ1v) is 7.23. The van der Waals surface area contributed by atoms with E-state index in [0.29, 0.717) is 18.7 Å². The third kappa shape index (κ3) is 4.60. The van der Waals surface area contributed by atoms with Crippen molar-refractivity contribution in [2.75, 3.05) is 6.61 Å². The van der Waals surface area contributed by atoms with Gasteiger partial charge in [-0.15, -0.1) is 0 Å². The van der Waals surface area contributed by atoms with Crippen LogP contribution in [0.2, 0.25) is 0 Å².